The van der Waals surface area contributed by atoms with Crippen LogP contribution in [0.4, 0.5) is 0 Å². The molecule has 3 heteroatoms. The van der Waals surface area contributed by atoms with Crippen LogP contribution in [0.1, 0.15) is 35.8 Å². The van der Waals surface area contributed by atoms with Gasteiger partial charge in [-0.3, -0.25) is 0 Å². The van der Waals surface area contributed by atoms with Gasteiger partial charge in [0.15, 0.2) is 0 Å². The maximum atomic E-state index is 9.48. The van der Waals surface area contributed by atoms with Gasteiger partial charge in [0.2, 0.25) is 0 Å². The smallest absolute Gasteiger partial charge is 0.121 e. The van der Waals surface area contributed by atoms with Gasteiger partial charge in [-0.1, -0.05) is 13.3 Å². The Balaban J connectivity index is 2.60. The lowest BCUT2D eigenvalue weighted by Gasteiger charge is -2.03. The van der Waals surface area contributed by atoms with Gasteiger partial charge in [-0.05, 0) is 13.3 Å². The van der Waals surface area contributed by atoms with E-state index in [1.165, 1.54) is 0 Å². The Bertz CT molecular complexity index is 222. The van der Waals surface area contributed by atoms with E-state index in [0.29, 0.717) is 0 Å². The van der Waals surface area contributed by atoms with E-state index in [2.05, 4.69) is 11.9 Å². The predicted octanol–water partition coefficient (Wildman–Crippen LogP) is 2.29. The molecule has 11 heavy (non-hydrogen) atoms. The number of rotatable bonds is 3. The Morgan fingerprint density at radius 3 is 2.91 bits per heavy atom. The molecule has 2 nitrogen and oxygen atoms in total. The minimum Gasteiger partial charge on any atom is -0.386 e. The van der Waals surface area contributed by atoms with Crippen LogP contribution >= 0.6 is 11.3 Å². The zero-order chi connectivity index (χ0) is 8.27. The number of aromatic nitrogens is 1. The van der Waals surface area contributed by atoms with Crippen LogP contribution in [0.2, 0.25) is 0 Å². The molecular formula is C8H13NOS. The zero-order valence-electron chi connectivity index (χ0n) is 6.87. The first-order valence-corrected chi connectivity index (χ1v) is 4.66. The third kappa shape index (κ3) is 2.27. The molecule has 0 radical (unpaired) electrons. The second kappa shape index (κ2) is 3.83. The third-order valence-corrected chi connectivity index (χ3v) is 2.50. The molecule has 0 spiro atoms. The summed E-state index contributed by atoms with van der Waals surface area (Å²) >= 11 is 1.57. The summed E-state index contributed by atoms with van der Waals surface area (Å²) in [6.07, 6.45) is 3.27. The second-order valence-electron chi connectivity index (χ2n) is 2.61. The van der Waals surface area contributed by atoms with Gasteiger partial charge < -0.3 is 5.11 Å². The minimum absolute atomic E-state index is 0.348. The van der Waals surface area contributed by atoms with Crippen molar-refractivity contribution in [3.05, 3.63) is 16.1 Å². The molecule has 0 aliphatic carbocycles. The van der Waals surface area contributed by atoms with Crippen molar-refractivity contribution in [3.8, 4) is 0 Å². The molecule has 1 unspecified atom stereocenters. The van der Waals surface area contributed by atoms with Gasteiger partial charge >= 0.3 is 0 Å². The van der Waals surface area contributed by atoms with Crippen LogP contribution in [0.3, 0.4) is 0 Å². The van der Waals surface area contributed by atoms with Crippen molar-refractivity contribution in [2.75, 3.05) is 0 Å². The number of aliphatic hydroxyl groups excluding tert-OH is 1. The number of nitrogens with zero attached hydrogens (tertiary/aromatic N) is 1. The predicted molar refractivity (Wildman–Crippen MR) is 46.7 cm³/mol. The average Bonchev–Trinajstić information content (AvgIpc) is 2.36. The number of aryl methyl sites for hydroxylation is 1. The Labute approximate surface area is 70.9 Å². The molecule has 0 saturated heterocycles. The van der Waals surface area contributed by atoms with Crippen LogP contribution in [0.15, 0.2) is 6.20 Å². The van der Waals surface area contributed by atoms with Crippen molar-refractivity contribution >= 4 is 11.3 Å². The average molecular weight is 171 g/mol. The molecule has 0 amide bonds. The van der Waals surface area contributed by atoms with Crippen LogP contribution < -0.4 is 0 Å². The van der Waals surface area contributed by atoms with Gasteiger partial charge in [0, 0.05) is 11.1 Å². The molecule has 1 heterocycles. The fourth-order valence-electron chi connectivity index (χ4n) is 0.923. The molecule has 1 aromatic rings. The molecule has 1 N–H and O–H groups in total. The summed E-state index contributed by atoms with van der Waals surface area (Å²) in [5.74, 6) is 0. The van der Waals surface area contributed by atoms with Crippen LogP contribution in [0, 0.1) is 6.92 Å². The Morgan fingerprint density at radius 1 is 1.73 bits per heavy atom. The summed E-state index contributed by atoms with van der Waals surface area (Å²) in [6.45, 7) is 4.06. The minimum atomic E-state index is -0.348. The van der Waals surface area contributed by atoms with Crippen molar-refractivity contribution in [2.24, 2.45) is 0 Å². The highest BCUT2D eigenvalue weighted by Gasteiger charge is 2.08. The standard InChI is InChI=1S/C8H13NOS/c1-3-4-7(10)8-9-5-6(2)11-8/h5,7,10H,3-4H2,1-2H3. The van der Waals surface area contributed by atoms with Crippen molar-refractivity contribution in [1.82, 2.24) is 4.98 Å². The van der Waals surface area contributed by atoms with Gasteiger partial charge in [0.1, 0.15) is 11.1 Å². The molecule has 1 rings (SSSR count). The SMILES string of the molecule is CCCC(O)c1ncc(C)s1. The maximum Gasteiger partial charge on any atom is 0.121 e. The van der Waals surface area contributed by atoms with E-state index in [-0.39, 0.29) is 6.10 Å². The van der Waals surface area contributed by atoms with E-state index in [1.807, 2.05) is 6.92 Å². The summed E-state index contributed by atoms with van der Waals surface area (Å²) in [5, 5.41) is 10.3. The van der Waals surface area contributed by atoms with Crippen LogP contribution in [0.25, 0.3) is 0 Å². The Hall–Kier alpha value is -0.410. The van der Waals surface area contributed by atoms with Crippen LogP contribution in [0.5, 0.6) is 0 Å². The lowest BCUT2D eigenvalue weighted by molar-refractivity contribution is 0.166. The third-order valence-electron chi connectivity index (χ3n) is 1.49. The van der Waals surface area contributed by atoms with Gasteiger partial charge in [-0.25, -0.2) is 4.98 Å². The summed E-state index contributed by atoms with van der Waals surface area (Å²) in [7, 11) is 0. The molecule has 1 aromatic heterocycles. The summed E-state index contributed by atoms with van der Waals surface area (Å²) < 4.78 is 0. The van der Waals surface area contributed by atoms with Crippen molar-refractivity contribution in [2.45, 2.75) is 32.8 Å². The van der Waals surface area contributed by atoms with Crippen molar-refractivity contribution < 1.29 is 5.11 Å². The van der Waals surface area contributed by atoms with Gasteiger partial charge in [-0.15, -0.1) is 11.3 Å². The summed E-state index contributed by atoms with van der Waals surface area (Å²) in [5.41, 5.74) is 0. The van der Waals surface area contributed by atoms with Crippen molar-refractivity contribution in [3.63, 3.8) is 0 Å². The van der Waals surface area contributed by atoms with E-state index in [0.717, 1.165) is 22.7 Å². The van der Waals surface area contributed by atoms with E-state index in [1.54, 1.807) is 17.5 Å². The molecule has 0 aliphatic heterocycles. The monoisotopic (exact) mass is 171 g/mol. The highest BCUT2D eigenvalue weighted by atomic mass is 32.1. The molecule has 0 aliphatic rings. The zero-order valence-corrected chi connectivity index (χ0v) is 7.69. The molecule has 1 atom stereocenters. The van der Waals surface area contributed by atoms with E-state index < -0.39 is 0 Å². The highest BCUT2D eigenvalue weighted by molar-refractivity contribution is 7.11. The van der Waals surface area contributed by atoms with Crippen molar-refractivity contribution in [1.29, 1.82) is 0 Å². The van der Waals surface area contributed by atoms with Gasteiger partial charge in [-0.2, -0.15) is 0 Å². The first kappa shape index (κ1) is 8.68. The maximum absolute atomic E-state index is 9.48. The van der Waals surface area contributed by atoms with E-state index in [9.17, 15) is 5.11 Å². The van der Waals surface area contributed by atoms with E-state index in [4.69, 9.17) is 0 Å². The van der Waals surface area contributed by atoms with Gasteiger partial charge in [0.05, 0.1) is 0 Å². The number of hydrogen-bond acceptors (Lipinski definition) is 3. The normalized spacial score (nSPS) is 13.4. The van der Waals surface area contributed by atoms with Crippen LogP contribution in [-0.4, -0.2) is 10.1 Å². The van der Waals surface area contributed by atoms with E-state index >= 15 is 0 Å². The van der Waals surface area contributed by atoms with Gasteiger partial charge in [0.25, 0.3) is 0 Å². The number of aliphatic hydroxyl groups is 1. The summed E-state index contributed by atoms with van der Waals surface area (Å²) in [6, 6.07) is 0. The number of hydrogen-bond donors (Lipinski definition) is 1. The first-order chi connectivity index (χ1) is 5.24. The molecule has 0 saturated carbocycles. The summed E-state index contributed by atoms with van der Waals surface area (Å²) in [4.78, 5) is 5.27. The second-order valence-corrected chi connectivity index (χ2v) is 3.88. The van der Waals surface area contributed by atoms with Crippen LogP contribution in [-0.2, 0) is 0 Å². The lowest BCUT2D eigenvalue weighted by Crippen LogP contribution is -1.94. The number of thiazole rings is 1. The molecular weight excluding hydrogens is 158 g/mol. The lowest BCUT2D eigenvalue weighted by atomic mass is 10.2. The fourth-order valence-corrected chi connectivity index (χ4v) is 1.72. The first-order valence-electron chi connectivity index (χ1n) is 3.84. The highest BCUT2D eigenvalue weighted by Crippen LogP contribution is 2.22. The molecule has 0 bridgehead atoms. The Kier molecular flexibility index (Phi) is 3.02. The fraction of sp³-hybridized carbons (Fsp3) is 0.625. The molecule has 0 fully saturated rings. The molecule has 0 aromatic carbocycles. The quantitative estimate of drug-likeness (QED) is 0.757. The molecule has 62 valence electrons. The Morgan fingerprint density at radius 2 is 2.45 bits per heavy atom. The largest absolute Gasteiger partial charge is 0.386 e. The topological polar surface area (TPSA) is 33.1 Å².